The second kappa shape index (κ2) is 5.04. The van der Waals surface area contributed by atoms with Crippen LogP contribution in [0.1, 0.15) is 18.7 Å². The fraction of sp³-hybridized carbons (Fsp3) is 0.500. The first-order valence-electron chi connectivity index (χ1n) is 4.50. The van der Waals surface area contributed by atoms with Crippen LogP contribution in [0.15, 0.2) is 6.20 Å². The molecule has 1 rings (SSSR count). The summed E-state index contributed by atoms with van der Waals surface area (Å²) in [4.78, 5) is 0. The van der Waals surface area contributed by atoms with E-state index in [9.17, 15) is 0 Å². The average Bonchev–Trinajstić information content (AvgIpc) is 2.47. The lowest BCUT2D eigenvalue weighted by Crippen LogP contribution is -2.24. The quantitative estimate of drug-likeness (QED) is 0.606. The number of hydrogen-bond donors (Lipinski definition) is 1. The zero-order chi connectivity index (χ0) is 10.6. The van der Waals surface area contributed by atoms with Gasteiger partial charge in [0.05, 0.1) is 23.3 Å². The van der Waals surface area contributed by atoms with Crippen LogP contribution in [0.4, 0.5) is 0 Å². The predicted molar refractivity (Wildman–Crippen MR) is 58.4 cm³/mol. The normalized spacial score (nSPS) is 12.4. The minimum absolute atomic E-state index is 0.259. The monoisotopic (exact) mass is 211 g/mol. The Morgan fingerprint density at radius 2 is 2.50 bits per heavy atom. The number of nitrogens with zero attached hydrogens (tertiary/aromatic N) is 2. The van der Waals surface area contributed by atoms with E-state index >= 15 is 0 Å². The molecule has 0 fully saturated rings. The number of aromatic nitrogens is 2. The van der Waals surface area contributed by atoms with E-state index in [2.05, 4.69) is 23.3 Å². The van der Waals surface area contributed by atoms with E-state index in [1.165, 1.54) is 0 Å². The first kappa shape index (κ1) is 11.1. The molecule has 1 N–H and O–H groups in total. The van der Waals surface area contributed by atoms with E-state index in [1.54, 1.807) is 0 Å². The van der Waals surface area contributed by atoms with Gasteiger partial charge in [-0.05, 0) is 13.8 Å². The van der Waals surface area contributed by atoms with E-state index in [1.807, 2.05) is 17.8 Å². The Morgan fingerprint density at radius 1 is 1.79 bits per heavy atom. The lowest BCUT2D eigenvalue weighted by atomic mass is 10.3. The van der Waals surface area contributed by atoms with Crippen LogP contribution in [0.2, 0.25) is 5.02 Å². The molecule has 0 aliphatic heterocycles. The summed E-state index contributed by atoms with van der Waals surface area (Å²) < 4.78 is 1.85. The Balaban J connectivity index is 2.52. The summed E-state index contributed by atoms with van der Waals surface area (Å²) in [6.45, 7) is 5.33. The maximum absolute atomic E-state index is 5.90. The van der Waals surface area contributed by atoms with E-state index in [-0.39, 0.29) is 6.04 Å². The highest BCUT2D eigenvalue weighted by atomic mass is 35.5. The highest BCUT2D eigenvalue weighted by molar-refractivity contribution is 6.31. The fourth-order valence-corrected chi connectivity index (χ4v) is 1.27. The zero-order valence-electron chi connectivity index (χ0n) is 8.42. The second-order valence-corrected chi connectivity index (χ2v) is 3.63. The lowest BCUT2D eigenvalue weighted by Gasteiger charge is -2.11. The molecule has 0 aromatic carbocycles. The van der Waals surface area contributed by atoms with Crippen molar-refractivity contribution in [1.29, 1.82) is 0 Å². The van der Waals surface area contributed by atoms with Gasteiger partial charge in [-0.3, -0.25) is 4.68 Å². The van der Waals surface area contributed by atoms with Crippen LogP contribution in [-0.4, -0.2) is 22.9 Å². The summed E-state index contributed by atoms with van der Waals surface area (Å²) in [6.07, 6.45) is 6.96. The van der Waals surface area contributed by atoms with Gasteiger partial charge in [0.15, 0.2) is 0 Å². The molecule has 1 atom stereocenters. The number of nitrogens with one attached hydrogen (secondary N) is 1. The van der Waals surface area contributed by atoms with Crippen molar-refractivity contribution >= 4 is 11.6 Å². The van der Waals surface area contributed by atoms with Crippen LogP contribution in [-0.2, 0) is 0 Å². The first-order valence-corrected chi connectivity index (χ1v) is 4.88. The summed E-state index contributed by atoms with van der Waals surface area (Å²) >= 11 is 5.90. The van der Waals surface area contributed by atoms with E-state index in [4.69, 9.17) is 18.0 Å². The van der Waals surface area contributed by atoms with Gasteiger partial charge < -0.3 is 5.32 Å². The smallest absolute Gasteiger partial charge is 0.0815 e. The van der Waals surface area contributed by atoms with Crippen LogP contribution < -0.4 is 5.32 Å². The van der Waals surface area contributed by atoms with Gasteiger partial charge in [0.25, 0.3) is 0 Å². The minimum Gasteiger partial charge on any atom is -0.304 e. The van der Waals surface area contributed by atoms with E-state index < -0.39 is 0 Å². The molecule has 1 aromatic rings. The third-order valence-electron chi connectivity index (χ3n) is 1.98. The molecule has 0 radical (unpaired) electrons. The van der Waals surface area contributed by atoms with Crippen molar-refractivity contribution in [2.24, 2.45) is 0 Å². The molecule has 0 spiro atoms. The molecule has 0 aliphatic rings. The van der Waals surface area contributed by atoms with Gasteiger partial charge in [0.1, 0.15) is 0 Å². The Labute approximate surface area is 89.4 Å². The van der Waals surface area contributed by atoms with Gasteiger partial charge in [-0.25, -0.2) is 0 Å². The summed E-state index contributed by atoms with van der Waals surface area (Å²) in [5.41, 5.74) is 0.857. The Hall–Kier alpha value is -0.980. The molecule has 1 heterocycles. The van der Waals surface area contributed by atoms with Crippen LogP contribution in [0.3, 0.4) is 0 Å². The van der Waals surface area contributed by atoms with Crippen LogP contribution in [0.25, 0.3) is 0 Å². The van der Waals surface area contributed by atoms with Gasteiger partial charge >= 0.3 is 0 Å². The molecule has 76 valence electrons. The SMILES string of the molecule is C#CCNCC(C)n1cc(Cl)c(C)n1. The Bertz CT molecular complexity index is 318. The van der Waals surface area contributed by atoms with Crippen molar-refractivity contribution in [3.05, 3.63) is 16.9 Å². The topological polar surface area (TPSA) is 29.9 Å². The lowest BCUT2D eigenvalue weighted by molar-refractivity contribution is 0.463. The zero-order valence-corrected chi connectivity index (χ0v) is 9.17. The van der Waals surface area contributed by atoms with Crippen LogP contribution in [0.5, 0.6) is 0 Å². The van der Waals surface area contributed by atoms with Crippen molar-refractivity contribution in [2.75, 3.05) is 13.1 Å². The molecule has 14 heavy (non-hydrogen) atoms. The molecular formula is C10H14ClN3. The fourth-order valence-electron chi connectivity index (χ4n) is 1.13. The highest BCUT2D eigenvalue weighted by Gasteiger charge is 2.07. The third kappa shape index (κ3) is 2.76. The van der Waals surface area contributed by atoms with Crippen LogP contribution >= 0.6 is 11.6 Å². The molecule has 0 amide bonds. The number of hydrogen-bond acceptors (Lipinski definition) is 2. The minimum atomic E-state index is 0.259. The number of rotatable bonds is 4. The summed E-state index contributed by atoms with van der Waals surface area (Å²) in [5, 5.41) is 8.11. The summed E-state index contributed by atoms with van der Waals surface area (Å²) in [5.74, 6) is 2.52. The largest absolute Gasteiger partial charge is 0.304 e. The number of terminal acetylenes is 1. The van der Waals surface area contributed by atoms with Crippen molar-refractivity contribution < 1.29 is 0 Å². The highest BCUT2D eigenvalue weighted by Crippen LogP contribution is 2.15. The van der Waals surface area contributed by atoms with Gasteiger partial charge in [0, 0.05) is 12.7 Å². The molecule has 0 aliphatic carbocycles. The van der Waals surface area contributed by atoms with E-state index in [0.29, 0.717) is 11.6 Å². The van der Waals surface area contributed by atoms with Crippen molar-refractivity contribution in [3.63, 3.8) is 0 Å². The standard InChI is InChI=1S/C10H14ClN3/c1-4-5-12-6-8(2)14-7-10(11)9(3)13-14/h1,7-8,12H,5-6H2,2-3H3. The van der Waals surface area contributed by atoms with Gasteiger partial charge in [-0.15, -0.1) is 6.42 Å². The molecule has 1 aromatic heterocycles. The maximum atomic E-state index is 5.90. The van der Waals surface area contributed by atoms with E-state index in [0.717, 1.165) is 12.2 Å². The van der Waals surface area contributed by atoms with Crippen molar-refractivity contribution in [2.45, 2.75) is 19.9 Å². The average molecular weight is 212 g/mol. The number of aryl methyl sites for hydroxylation is 1. The summed E-state index contributed by atoms with van der Waals surface area (Å²) in [6, 6.07) is 0.259. The Kier molecular flexibility index (Phi) is 3.99. The third-order valence-corrected chi connectivity index (χ3v) is 2.35. The molecule has 0 saturated carbocycles. The van der Waals surface area contributed by atoms with Gasteiger partial charge in [-0.1, -0.05) is 17.5 Å². The predicted octanol–water partition coefficient (Wildman–Crippen LogP) is 1.63. The van der Waals surface area contributed by atoms with Gasteiger partial charge in [0.2, 0.25) is 0 Å². The van der Waals surface area contributed by atoms with Crippen LogP contribution in [0, 0.1) is 19.3 Å². The molecule has 4 heteroatoms. The number of halogens is 1. The first-order chi connectivity index (χ1) is 6.65. The van der Waals surface area contributed by atoms with Crippen molar-refractivity contribution in [3.8, 4) is 12.3 Å². The molecule has 3 nitrogen and oxygen atoms in total. The second-order valence-electron chi connectivity index (χ2n) is 3.23. The Morgan fingerprint density at radius 3 is 3.00 bits per heavy atom. The molecular weight excluding hydrogens is 198 g/mol. The maximum Gasteiger partial charge on any atom is 0.0815 e. The molecule has 0 bridgehead atoms. The summed E-state index contributed by atoms with van der Waals surface area (Å²) in [7, 11) is 0. The van der Waals surface area contributed by atoms with Gasteiger partial charge in [-0.2, -0.15) is 5.10 Å². The molecule has 1 unspecified atom stereocenters. The van der Waals surface area contributed by atoms with Crippen molar-refractivity contribution in [1.82, 2.24) is 15.1 Å². The molecule has 0 saturated heterocycles.